The van der Waals surface area contributed by atoms with Crippen molar-refractivity contribution in [2.24, 2.45) is 0 Å². The van der Waals surface area contributed by atoms with Crippen LogP contribution in [0.1, 0.15) is 5.56 Å². The first-order valence-electron chi connectivity index (χ1n) is 15.3. The molecule has 0 saturated heterocycles. The van der Waals surface area contributed by atoms with Crippen molar-refractivity contribution < 1.29 is 4.42 Å². The summed E-state index contributed by atoms with van der Waals surface area (Å²) in [6, 6.07) is 55.5. The number of thiophene rings is 1. The van der Waals surface area contributed by atoms with E-state index in [-0.39, 0.29) is 0 Å². The lowest BCUT2D eigenvalue weighted by Gasteiger charge is -2.19. The molecule has 3 heteroatoms. The lowest BCUT2D eigenvalue weighted by molar-refractivity contribution is 0.669. The van der Waals surface area contributed by atoms with Gasteiger partial charge in [0.05, 0.1) is 11.6 Å². The number of furan rings is 1. The summed E-state index contributed by atoms with van der Waals surface area (Å²) in [4.78, 5) is 0. The highest BCUT2D eigenvalue weighted by atomic mass is 32.1. The molecule has 2 heterocycles. The molecule has 0 aliphatic heterocycles. The lowest BCUT2D eigenvalue weighted by Crippen LogP contribution is -1.93. The molecule has 0 bridgehead atoms. The second-order valence-electron chi connectivity index (χ2n) is 11.6. The van der Waals surface area contributed by atoms with Gasteiger partial charge < -0.3 is 4.42 Å². The molecule has 0 amide bonds. The fraction of sp³-hybridized carbons (Fsp3) is 0. The van der Waals surface area contributed by atoms with Gasteiger partial charge in [0.2, 0.25) is 0 Å². The molecule has 0 aliphatic rings. The van der Waals surface area contributed by atoms with Crippen LogP contribution in [0.2, 0.25) is 0 Å². The summed E-state index contributed by atoms with van der Waals surface area (Å²) in [5.41, 5.74) is 11.1. The fourth-order valence-corrected chi connectivity index (χ4v) is 8.08. The third-order valence-corrected chi connectivity index (χ3v) is 10.0. The third kappa shape index (κ3) is 4.16. The molecule has 0 saturated carbocycles. The van der Waals surface area contributed by atoms with Crippen molar-refractivity contribution in [1.82, 2.24) is 0 Å². The van der Waals surface area contributed by atoms with Crippen LogP contribution in [0.5, 0.6) is 0 Å². The molecule has 2 aromatic heterocycles. The first-order chi connectivity index (χ1) is 22.8. The normalized spacial score (nSPS) is 11.5. The van der Waals surface area contributed by atoms with E-state index in [4.69, 9.17) is 4.42 Å². The summed E-state index contributed by atoms with van der Waals surface area (Å²) >= 11 is 1.83. The van der Waals surface area contributed by atoms with Gasteiger partial charge in [0.1, 0.15) is 11.2 Å². The molecule has 46 heavy (non-hydrogen) atoms. The van der Waals surface area contributed by atoms with Gasteiger partial charge in [-0.25, -0.2) is 0 Å². The van der Waals surface area contributed by atoms with Crippen LogP contribution in [0.4, 0.5) is 0 Å². The van der Waals surface area contributed by atoms with E-state index in [0.29, 0.717) is 5.56 Å². The van der Waals surface area contributed by atoms with E-state index >= 15 is 0 Å². The van der Waals surface area contributed by atoms with Crippen molar-refractivity contribution in [1.29, 1.82) is 5.26 Å². The second-order valence-corrected chi connectivity index (χ2v) is 12.6. The van der Waals surface area contributed by atoms with E-state index in [9.17, 15) is 5.26 Å². The molecule has 0 spiro atoms. The van der Waals surface area contributed by atoms with E-state index < -0.39 is 0 Å². The van der Waals surface area contributed by atoms with E-state index in [2.05, 4.69) is 109 Å². The van der Waals surface area contributed by atoms with Crippen molar-refractivity contribution in [2.45, 2.75) is 0 Å². The number of nitrogens with zero attached hydrogens (tertiary/aromatic N) is 1. The Morgan fingerprint density at radius 1 is 0.457 bits per heavy atom. The zero-order valence-electron chi connectivity index (χ0n) is 24.7. The summed E-state index contributed by atoms with van der Waals surface area (Å²) in [5.74, 6) is 0. The number of nitriles is 1. The molecule has 7 aromatic carbocycles. The van der Waals surface area contributed by atoms with Crippen LogP contribution in [-0.4, -0.2) is 0 Å². The largest absolute Gasteiger partial charge is 0.456 e. The maximum absolute atomic E-state index is 10.3. The van der Waals surface area contributed by atoms with Gasteiger partial charge >= 0.3 is 0 Å². The Balaban J connectivity index is 1.42. The van der Waals surface area contributed by atoms with Gasteiger partial charge in [0, 0.05) is 30.9 Å². The third-order valence-electron chi connectivity index (χ3n) is 8.91. The molecule has 0 fully saturated rings. The second kappa shape index (κ2) is 10.6. The van der Waals surface area contributed by atoms with Crippen LogP contribution in [0.3, 0.4) is 0 Å². The average molecular weight is 604 g/mol. The number of rotatable bonds is 4. The van der Waals surface area contributed by atoms with Gasteiger partial charge in [-0.05, 0) is 87.0 Å². The molecule has 0 N–H and O–H groups in total. The summed E-state index contributed by atoms with van der Waals surface area (Å²) in [7, 11) is 0. The predicted octanol–water partition coefficient (Wildman–Crippen LogP) is 12.5. The molecule has 0 unspecified atom stereocenters. The van der Waals surface area contributed by atoms with Crippen LogP contribution in [0, 0.1) is 11.3 Å². The number of hydrogen-bond acceptors (Lipinski definition) is 3. The smallest absolute Gasteiger partial charge is 0.136 e. The van der Waals surface area contributed by atoms with Gasteiger partial charge in [-0.15, -0.1) is 11.3 Å². The van der Waals surface area contributed by atoms with Crippen molar-refractivity contribution in [2.75, 3.05) is 0 Å². The minimum absolute atomic E-state index is 0.628. The highest BCUT2D eigenvalue weighted by Gasteiger charge is 2.21. The van der Waals surface area contributed by atoms with Crippen LogP contribution < -0.4 is 0 Å². The van der Waals surface area contributed by atoms with Crippen LogP contribution in [-0.2, 0) is 0 Å². The predicted molar refractivity (Wildman–Crippen MR) is 193 cm³/mol. The maximum atomic E-state index is 10.3. The molecular formula is C43H25NOS. The van der Waals surface area contributed by atoms with Gasteiger partial charge in [-0.2, -0.15) is 5.26 Å². The Hall–Kier alpha value is -5.95. The van der Waals surface area contributed by atoms with Crippen molar-refractivity contribution in [3.05, 3.63) is 157 Å². The van der Waals surface area contributed by atoms with Crippen LogP contribution in [0.15, 0.2) is 156 Å². The fourth-order valence-electron chi connectivity index (χ4n) is 6.94. The number of para-hydroxylation sites is 1. The standard InChI is InChI=1S/C43H25NOS/c44-26-27-23-29(28-11-2-1-3-12-28)25-30(24-27)41-31(33-17-9-20-38-42(33)35-13-4-6-19-37(35)45-38)15-8-16-32(41)34-18-10-22-40-43(34)36-14-5-7-21-39(36)46-40/h1-25H. The molecule has 9 rings (SSSR count). The summed E-state index contributed by atoms with van der Waals surface area (Å²) in [6.07, 6.45) is 0. The Bertz CT molecular complexity index is 2520. The van der Waals surface area contributed by atoms with Crippen LogP contribution >= 0.6 is 11.3 Å². The molecule has 0 aliphatic carbocycles. The van der Waals surface area contributed by atoms with E-state index in [0.717, 1.165) is 60.9 Å². The molecule has 214 valence electrons. The molecular weight excluding hydrogens is 579 g/mol. The minimum Gasteiger partial charge on any atom is -0.456 e. The molecule has 0 radical (unpaired) electrons. The minimum atomic E-state index is 0.628. The lowest BCUT2D eigenvalue weighted by atomic mass is 9.84. The van der Waals surface area contributed by atoms with Gasteiger partial charge in [-0.3, -0.25) is 0 Å². The van der Waals surface area contributed by atoms with Crippen molar-refractivity contribution in [3.63, 3.8) is 0 Å². The topological polar surface area (TPSA) is 36.9 Å². The number of benzene rings is 7. The van der Waals surface area contributed by atoms with Gasteiger partial charge in [0.15, 0.2) is 0 Å². The Labute approximate surface area is 270 Å². The Morgan fingerprint density at radius 3 is 1.89 bits per heavy atom. The highest BCUT2D eigenvalue weighted by molar-refractivity contribution is 7.25. The monoisotopic (exact) mass is 603 g/mol. The zero-order chi connectivity index (χ0) is 30.6. The summed E-state index contributed by atoms with van der Waals surface area (Å²) in [5, 5.41) is 15.0. The number of fused-ring (bicyclic) bond motifs is 6. The van der Waals surface area contributed by atoms with Crippen molar-refractivity contribution in [3.8, 4) is 50.6 Å². The highest BCUT2D eigenvalue weighted by Crippen LogP contribution is 2.48. The molecule has 9 aromatic rings. The maximum Gasteiger partial charge on any atom is 0.136 e. The molecule has 0 atom stereocenters. The summed E-state index contributed by atoms with van der Waals surface area (Å²) < 4.78 is 8.87. The average Bonchev–Trinajstić information content (AvgIpc) is 3.70. The first kappa shape index (κ1) is 26.5. The molecule has 2 nitrogen and oxygen atoms in total. The number of hydrogen-bond donors (Lipinski definition) is 0. The summed E-state index contributed by atoms with van der Waals surface area (Å²) in [6.45, 7) is 0. The zero-order valence-corrected chi connectivity index (χ0v) is 25.5. The van der Waals surface area contributed by atoms with E-state index in [1.807, 2.05) is 59.9 Å². The van der Waals surface area contributed by atoms with E-state index in [1.54, 1.807) is 0 Å². The Morgan fingerprint density at radius 2 is 1.07 bits per heavy atom. The van der Waals surface area contributed by atoms with Crippen molar-refractivity contribution >= 4 is 53.4 Å². The van der Waals surface area contributed by atoms with E-state index in [1.165, 1.54) is 25.7 Å². The van der Waals surface area contributed by atoms with Gasteiger partial charge in [-0.1, -0.05) is 109 Å². The quantitative estimate of drug-likeness (QED) is 0.201. The van der Waals surface area contributed by atoms with Crippen LogP contribution in [0.25, 0.3) is 86.6 Å². The first-order valence-corrected chi connectivity index (χ1v) is 16.1. The Kier molecular flexibility index (Phi) is 6.09. The SMILES string of the molecule is N#Cc1cc(-c2ccccc2)cc(-c2c(-c3cccc4oc5ccccc5c34)cccc2-c2cccc3sc4ccccc4c23)c1. The van der Waals surface area contributed by atoms with Gasteiger partial charge in [0.25, 0.3) is 0 Å².